The maximum Gasteiger partial charge on any atom is 0.0223 e. The molecule has 0 amide bonds. The average Bonchev–Trinajstić information content (AvgIpc) is 2.67. The first-order valence-electron chi connectivity index (χ1n) is 8.07. The molecular weight excluding hydrogens is 222 g/mol. The van der Waals surface area contributed by atoms with Gasteiger partial charge in [0.15, 0.2) is 0 Å². The lowest BCUT2D eigenvalue weighted by Crippen LogP contribution is -2.52. The van der Waals surface area contributed by atoms with Crippen LogP contribution in [-0.2, 0) is 0 Å². The number of hydrogen-bond acceptors (Lipinski definition) is 3. The van der Waals surface area contributed by atoms with Crippen molar-refractivity contribution in [1.29, 1.82) is 0 Å². The van der Waals surface area contributed by atoms with Crippen molar-refractivity contribution >= 4 is 0 Å². The van der Waals surface area contributed by atoms with E-state index >= 15 is 0 Å². The van der Waals surface area contributed by atoms with Crippen LogP contribution >= 0.6 is 0 Å². The Morgan fingerprint density at radius 2 is 1.83 bits per heavy atom. The summed E-state index contributed by atoms with van der Waals surface area (Å²) in [5.41, 5.74) is 0. The number of fused-ring (bicyclic) bond motifs is 1. The molecule has 3 fully saturated rings. The summed E-state index contributed by atoms with van der Waals surface area (Å²) in [6.07, 6.45) is 7.16. The number of nitrogens with one attached hydrogen (secondary N) is 1. The lowest BCUT2D eigenvalue weighted by atomic mass is 9.78. The van der Waals surface area contributed by atoms with Crippen LogP contribution in [0.1, 0.15) is 39.0 Å². The molecule has 2 aliphatic heterocycles. The third kappa shape index (κ3) is 2.59. The van der Waals surface area contributed by atoms with Gasteiger partial charge < -0.3 is 5.32 Å². The molecule has 3 aliphatic rings. The van der Waals surface area contributed by atoms with Gasteiger partial charge >= 0.3 is 0 Å². The third-order valence-corrected chi connectivity index (χ3v) is 5.34. The van der Waals surface area contributed by atoms with Gasteiger partial charge in [0.05, 0.1) is 0 Å². The first kappa shape index (κ1) is 12.9. The molecule has 104 valence electrons. The molecular formula is C15H29N3. The highest BCUT2D eigenvalue weighted by Crippen LogP contribution is 2.34. The molecule has 3 heteroatoms. The van der Waals surface area contributed by atoms with Gasteiger partial charge in [0.2, 0.25) is 0 Å². The largest absolute Gasteiger partial charge is 0.317 e. The van der Waals surface area contributed by atoms with Crippen LogP contribution in [0.5, 0.6) is 0 Å². The van der Waals surface area contributed by atoms with Crippen LogP contribution in [0.3, 0.4) is 0 Å². The van der Waals surface area contributed by atoms with Gasteiger partial charge in [-0.2, -0.15) is 0 Å². The second-order valence-corrected chi connectivity index (χ2v) is 6.39. The molecule has 3 rings (SSSR count). The van der Waals surface area contributed by atoms with Gasteiger partial charge in [0.1, 0.15) is 0 Å². The molecule has 0 aromatic rings. The van der Waals surface area contributed by atoms with Crippen molar-refractivity contribution in [3.8, 4) is 0 Å². The summed E-state index contributed by atoms with van der Waals surface area (Å²) in [5, 5.41) is 3.54. The van der Waals surface area contributed by atoms with Crippen molar-refractivity contribution < 1.29 is 0 Å². The predicted octanol–water partition coefficient (Wildman–Crippen LogP) is 1.54. The van der Waals surface area contributed by atoms with Crippen LogP contribution < -0.4 is 5.32 Å². The van der Waals surface area contributed by atoms with Crippen LogP contribution in [0.2, 0.25) is 0 Å². The monoisotopic (exact) mass is 251 g/mol. The second kappa shape index (κ2) is 5.89. The Morgan fingerprint density at radius 3 is 2.61 bits per heavy atom. The van der Waals surface area contributed by atoms with Crippen LogP contribution in [0.4, 0.5) is 0 Å². The van der Waals surface area contributed by atoms with Gasteiger partial charge in [-0.05, 0) is 70.7 Å². The molecule has 3 atom stereocenters. The summed E-state index contributed by atoms with van der Waals surface area (Å²) < 4.78 is 0. The Labute approximate surface area is 112 Å². The summed E-state index contributed by atoms with van der Waals surface area (Å²) in [7, 11) is 0. The quantitative estimate of drug-likeness (QED) is 0.818. The standard InChI is InChI=1S/C15H29N3/c1-2-16-11-13-6-7-15(13)18-10-4-9-17-8-3-5-14(17)12-18/h13-16H,2-12H2,1H3. The first-order chi connectivity index (χ1) is 8.88. The fourth-order valence-corrected chi connectivity index (χ4v) is 4.14. The highest BCUT2D eigenvalue weighted by molar-refractivity contribution is 4.94. The van der Waals surface area contributed by atoms with E-state index in [9.17, 15) is 0 Å². The van der Waals surface area contributed by atoms with E-state index in [4.69, 9.17) is 0 Å². The highest BCUT2D eigenvalue weighted by atomic mass is 15.3. The smallest absolute Gasteiger partial charge is 0.0223 e. The Bertz CT molecular complexity index is 268. The lowest BCUT2D eigenvalue weighted by Gasteiger charge is -2.45. The fraction of sp³-hybridized carbons (Fsp3) is 1.00. The Morgan fingerprint density at radius 1 is 1.00 bits per heavy atom. The van der Waals surface area contributed by atoms with Gasteiger partial charge in [0, 0.05) is 18.6 Å². The van der Waals surface area contributed by atoms with Crippen molar-refractivity contribution in [3.05, 3.63) is 0 Å². The molecule has 0 radical (unpaired) electrons. The maximum atomic E-state index is 3.54. The molecule has 0 bridgehead atoms. The third-order valence-electron chi connectivity index (χ3n) is 5.34. The zero-order valence-electron chi connectivity index (χ0n) is 11.9. The molecule has 18 heavy (non-hydrogen) atoms. The molecule has 1 N–H and O–H groups in total. The van der Waals surface area contributed by atoms with Crippen molar-refractivity contribution in [2.45, 2.75) is 51.1 Å². The van der Waals surface area contributed by atoms with Gasteiger partial charge in [-0.1, -0.05) is 6.92 Å². The van der Waals surface area contributed by atoms with Crippen molar-refractivity contribution in [1.82, 2.24) is 15.1 Å². The minimum absolute atomic E-state index is 0.882. The fourth-order valence-electron chi connectivity index (χ4n) is 4.14. The Kier molecular flexibility index (Phi) is 4.22. The van der Waals surface area contributed by atoms with Crippen molar-refractivity contribution in [2.24, 2.45) is 5.92 Å². The normalized spacial score (nSPS) is 38.2. The summed E-state index contributed by atoms with van der Waals surface area (Å²) in [5.74, 6) is 0.929. The zero-order valence-corrected chi connectivity index (χ0v) is 11.9. The van der Waals surface area contributed by atoms with E-state index in [1.165, 1.54) is 64.8 Å². The summed E-state index contributed by atoms with van der Waals surface area (Å²) in [4.78, 5) is 5.58. The van der Waals surface area contributed by atoms with E-state index < -0.39 is 0 Å². The van der Waals surface area contributed by atoms with Gasteiger partial charge in [0.25, 0.3) is 0 Å². The van der Waals surface area contributed by atoms with E-state index in [1.54, 1.807) is 0 Å². The molecule has 1 saturated carbocycles. The van der Waals surface area contributed by atoms with E-state index in [2.05, 4.69) is 22.0 Å². The Balaban J connectivity index is 1.55. The summed E-state index contributed by atoms with van der Waals surface area (Å²) in [6, 6.07) is 1.78. The predicted molar refractivity (Wildman–Crippen MR) is 75.8 cm³/mol. The molecule has 0 aromatic carbocycles. The highest BCUT2D eigenvalue weighted by Gasteiger charge is 2.38. The molecule has 0 spiro atoms. The van der Waals surface area contributed by atoms with Crippen molar-refractivity contribution in [3.63, 3.8) is 0 Å². The van der Waals surface area contributed by atoms with Gasteiger partial charge in [-0.3, -0.25) is 9.80 Å². The van der Waals surface area contributed by atoms with E-state index in [-0.39, 0.29) is 0 Å². The van der Waals surface area contributed by atoms with E-state index in [1.807, 2.05) is 0 Å². The summed E-state index contributed by atoms with van der Waals surface area (Å²) >= 11 is 0. The van der Waals surface area contributed by atoms with Crippen LogP contribution in [0.15, 0.2) is 0 Å². The number of hydrogen-bond donors (Lipinski definition) is 1. The molecule has 0 aromatic heterocycles. The second-order valence-electron chi connectivity index (χ2n) is 6.39. The van der Waals surface area contributed by atoms with Crippen LogP contribution in [-0.4, -0.2) is 61.2 Å². The molecule has 2 heterocycles. The van der Waals surface area contributed by atoms with E-state index in [0.29, 0.717) is 0 Å². The SMILES string of the molecule is CCNCC1CCC1N1CCCN2CCCC2C1. The molecule has 2 saturated heterocycles. The van der Waals surface area contributed by atoms with E-state index in [0.717, 1.165) is 24.5 Å². The van der Waals surface area contributed by atoms with Gasteiger partial charge in [-0.25, -0.2) is 0 Å². The van der Waals surface area contributed by atoms with Crippen LogP contribution in [0.25, 0.3) is 0 Å². The van der Waals surface area contributed by atoms with Crippen LogP contribution in [0, 0.1) is 5.92 Å². The topological polar surface area (TPSA) is 18.5 Å². The zero-order chi connectivity index (χ0) is 12.4. The maximum absolute atomic E-state index is 3.54. The number of nitrogens with zero attached hydrogens (tertiary/aromatic N) is 2. The number of rotatable bonds is 4. The summed E-state index contributed by atoms with van der Waals surface area (Å²) in [6.45, 7) is 10.0. The minimum Gasteiger partial charge on any atom is -0.317 e. The molecule has 1 aliphatic carbocycles. The first-order valence-corrected chi connectivity index (χ1v) is 8.07. The molecule has 3 unspecified atom stereocenters. The minimum atomic E-state index is 0.882. The lowest BCUT2D eigenvalue weighted by molar-refractivity contribution is 0.0565. The average molecular weight is 251 g/mol. The molecule has 3 nitrogen and oxygen atoms in total. The van der Waals surface area contributed by atoms with Crippen molar-refractivity contribution in [2.75, 3.05) is 39.3 Å². The van der Waals surface area contributed by atoms with Gasteiger partial charge in [-0.15, -0.1) is 0 Å². The Hall–Kier alpha value is -0.120.